The Hall–Kier alpha value is -6.02. The third-order valence-electron chi connectivity index (χ3n) is 9.43. The number of aromatic nitrogens is 1. The first-order valence-corrected chi connectivity index (χ1v) is 17.2. The first-order valence-electron chi connectivity index (χ1n) is 17.2. The number of piperazine rings is 1. The number of phenolic OH excluding ortho intramolecular Hbond substituents is 1. The van der Waals surface area contributed by atoms with Gasteiger partial charge in [0.2, 0.25) is 11.2 Å². The Bertz CT molecular complexity index is 2150. The summed E-state index contributed by atoms with van der Waals surface area (Å²) in [4.78, 5) is 55.9. The van der Waals surface area contributed by atoms with Gasteiger partial charge in [0.15, 0.2) is 6.61 Å². The SMILES string of the molecule is O=C(COc1cccc([C@](O)(C(=O)O)c2ccccc2)c1)N1CCN(C(=O)c2ccc(CCNC[C@H](O)c3ccc(O)c4[nH]c(=O)ccc34)cc2)CC1. The number of hydrogen-bond donors (Lipinski definition) is 6. The fourth-order valence-corrected chi connectivity index (χ4v) is 6.43. The largest absolute Gasteiger partial charge is 0.506 e. The van der Waals surface area contributed by atoms with Crippen molar-refractivity contribution in [3.63, 3.8) is 0 Å². The summed E-state index contributed by atoms with van der Waals surface area (Å²) in [5, 5.41) is 45.7. The number of carbonyl (C=O) groups is 3. The first kappa shape index (κ1) is 36.8. The molecule has 4 aromatic carbocycles. The van der Waals surface area contributed by atoms with Crippen molar-refractivity contribution >= 4 is 28.7 Å². The lowest BCUT2D eigenvalue weighted by Gasteiger charge is -2.34. The van der Waals surface area contributed by atoms with Crippen molar-refractivity contribution in [2.75, 3.05) is 45.9 Å². The van der Waals surface area contributed by atoms with Gasteiger partial charge in [-0.15, -0.1) is 0 Å². The minimum absolute atomic E-state index is 0.0664. The third-order valence-corrected chi connectivity index (χ3v) is 9.43. The van der Waals surface area contributed by atoms with Crippen molar-refractivity contribution in [1.29, 1.82) is 0 Å². The Morgan fingerprint density at radius 2 is 1.55 bits per heavy atom. The maximum Gasteiger partial charge on any atom is 0.345 e. The average molecular weight is 721 g/mol. The molecule has 0 saturated carbocycles. The Morgan fingerprint density at radius 1 is 0.849 bits per heavy atom. The molecule has 1 saturated heterocycles. The number of aliphatic hydroxyl groups is 2. The van der Waals surface area contributed by atoms with Crippen LogP contribution in [0.25, 0.3) is 10.9 Å². The molecule has 53 heavy (non-hydrogen) atoms. The van der Waals surface area contributed by atoms with E-state index in [2.05, 4.69) is 10.3 Å². The highest BCUT2D eigenvalue weighted by molar-refractivity contribution is 5.94. The number of aliphatic hydroxyl groups excluding tert-OH is 1. The molecule has 0 radical (unpaired) electrons. The highest BCUT2D eigenvalue weighted by atomic mass is 16.5. The van der Waals surface area contributed by atoms with Gasteiger partial charge in [0, 0.05) is 55.3 Å². The van der Waals surface area contributed by atoms with Crippen molar-refractivity contribution in [2.45, 2.75) is 18.1 Å². The number of carbonyl (C=O) groups excluding carboxylic acids is 2. The number of carboxylic acids is 1. The second kappa shape index (κ2) is 16.1. The fraction of sp³-hybridized carbons (Fsp3) is 0.250. The highest BCUT2D eigenvalue weighted by Crippen LogP contribution is 2.32. The van der Waals surface area contributed by atoms with Gasteiger partial charge in [-0.25, -0.2) is 4.79 Å². The summed E-state index contributed by atoms with van der Waals surface area (Å²) >= 11 is 0. The predicted octanol–water partition coefficient (Wildman–Crippen LogP) is 2.78. The number of amides is 2. The van der Waals surface area contributed by atoms with Crippen LogP contribution in [0.5, 0.6) is 11.5 Å². The number of nitrogens with one attached hydrogen (secondary N) is 2. The van der Waals surface area contributed by atoms with Gasteiger partial charge in [-0.3, -0.25) is 14.4 Å². The van der Waals surface area contributed by atoms with Gasteiger partial charge in [0.1, 0.15) is 11.5 Å². The van der Waals surface area contributed by atoms with Gasteiger partial charge in [-0.2, -0.15) is 0 Å². The molecule has 2 atom stereocenters. The fourth-order valence-electron chi connectivity index (χ4n) is 6.43. The molecule has 13 heteroatoms. The molecular weight excluding hydrogens is 680 g/mol. The average Bonchev–Trinajstić information content (AvgIpc) is 3.19. The van der Waals surface area contributed by atoms with Crippen molar-refractivity contribution in [2.24, 2.45) is 0 Å². The van der Waals surface area contributed by atoms with E-state index in [0.717, 1.165) is 5.56 Å². The summed E-state index contributed by atoms with van der Waals surface area (Å²) in [6.07, 6.45) is -0.205. The van der Waals surface area contributed by atoms with Crippen LogP contribution in [-0.4, -0.2) is 98.9 Å². The second-order valence-corrected chi connectivity index (χ2v) is 12.8. The van der Waals surface area contributed by atoms with E-state index in [4.69, 9.17) is 4.74 Å². The number of fused-ring (bicyclic) bond motifs is 1. The molecule has 2 heterocycles. The first-order chi connectivity index (χ1) is 25.5. The van der Waals surface area contributed by atoms with Crippen LogP contribution in [0.3, 0.4) is 0 Å². The lowest BCUT2D eigenvalue weighted by molar-refractivity contribution is -0.155. The molecule has 0 unspecified atom stereocenters. The van der Waals surface area contributed by atoms with Crippen LogP contribution in [0.15, 0.2) is 108 Å². The Morgan fingerprint density at radius 3 is 2.26 bits per heavy atom. The highest BCUT2D eigenvalue weighted by Gasteiger charge is 2.40. The van der Waals surface area contributed by atoms with E-state index >= 15 is 0 Å². The smallest absolute Gasteiger partial charge is 0.345 e. The Labute approximate surface area is 304 Å². The van der Waals surface area contributed by atoms with Gasteiger partial charge >= 0.3 is 5.97 Å². The van der Waals surface area contributed by atoms with E-state index in [0.29, 0.717) is 55.7 Å². The summed E-state index contributed by atoms with van der Waals surface area (Å²) in [5.74, 6) is -1.69. The van der Waals surface area contributed by atoms with Gasteiger partial charge in [0.25, 0.3) is 11.8 Å². The number of ether oxygens (including phenoxy) is 1. The van der Waals surface area contributed by atoms with Crippen molar-refractivity contribution in [1.82, 2.24) is 20.1 Å². The van der Waals surface area contributed by atoms with Crippen LogP contribution >= 0.6 is 0 Å². The molecule has 13 nitrogen and oxygen atoms in total. The van der Waals surface area contributed by atoms with E-state index in [9.17, 15) is 39.6 Å². The van der Waals surface area contributed by atoms with Gasteiger partial charge in [-0.1, -0.05) is 60.7 Å². The number of hydrogen-bond acceptors (Lipinski definition) is 9. The number of pyridine rings is 1. The number of aromatic hydroxyl groups is 1. The quantitative estimate of drug-likeness (QED) is 0.0986. The van der Waals surface area contributed by atoms with Crippen molar-refractivity contribution in [3.05, 3.63) is 141 Å². The van der Waals surface area contributed by atoms with Crippen molar-refractivity contribution < 1.29 is 39.5 Å². The summed E-state index contributed by atoms with van der Waals surface area (Å²) < 4.78 is 5.71. The molecule has 1 aliphatic heterocycles. The van der Waals surface area contributed by atoms with Crippen LogP contribution in [0.2, 0.25) is 0 Å². The maximum absolute atomic E-state index is 13.2. The summed E-state index contributed by atoms with van der Waals surface area (Å²) in [5.41, 5.74) is 0.0468. The predicted molar refractivity (Wildman–Crippen MR) is 196 cm³/mol. The molecule has 6 rings (SSSR count). The minimum Gasteiger partial charge on any atom is -0.506 e. The number of benzene rings is 4. The molecule has 2 amide bonds. The molecule has 0 aliphatic carbocycles. The zero-order valence-corrected chi connectivity index (χ0v) is 28.8. The lowest BCUT2D eigenvalue weighted by atomic mass is 9.86. The van der Waals surface area contributed by atoms with Crippen molar-refractivity contribution in [3.8, 4) is 11.5 Å². The second-order valence-electron chi connectivity index (χ2n) is 12.8. The van der Waals surface area contributed by atoms with Crippen LogP contribution in [0.1, 0.15) is 38.7 Å². The number of rotatable bonds is 13. The zero-order valence-electron chi connectivity index (χ0n) is 28.8. The molecule has 1 aromatic heterocycles. The Balaban J connectivity index is 0.946. The number of aromatic amines is 1. The number of H-pyrrole nitrogens is 1. The molecule has 0 bridgehead atoms. The van der Waals surface area contributed by atoms with E-state index in [1.807, 2.05) is 12.1 Å². The molecule has 6 N–H and O–H groups in total. The van der Waals surface area contributed by atoms with Gasteiger partial charge < -0.3 is 45.3 Å². The standard InChI is InChI=1S/C40H40N4O9/c45-33-15-13-31(32-14-16-35(47)42-37(32)33)34(46)24-41-18-17-26-9-11-27(12-10-26)38(49)44-21-19-43(20-22-44)36(48)25-53-30-8-4-7-29(23-30)40(52,39(50)51)28-5-2-1-3-6-28/h1-16,23,34,41,45-46,52H,17-22,24-25H2,(H,42,47)(H,50,51)/t34-,40-/m0/s1. The topological polar surface area (TPSA) is 193 Å². The summed E-state index contributed by atoms with van der Waals surface area (Å²) in [6.45, 7) is 1.89. The van der Waals surface area contributed by atoms with E-state index in [1.165, 1.54) is 36.4 Å². The molecule has 1 fully saturated rings. The monoisotopic (exact) mass is 720 g/mol. The maximum atomic E-state index is 13.2. The molecule has 1 aliphatic rings. The summed E-state index contributed by atoms with van der Waals surface area (Å²) in [7, 11) is 0. The number of carboxylic acid groups (broad SMARTS) is 1. The lowest BCUT2D eigenvalue weighted by Crippen LogP contribution is -2.51. The van der Waals surface area contributed by atoms with E-state index < -0.39 is 17.7 Å². The number of phenols is 1. The number of nitrogens with zero attached hydrogens (tertiary/aromatic N) is 2. The van der Waals surface area contributed by atoms with Crippen LogP contribution in [-0.2, 0) is 21.6 Å². The molecule has 274 valence electrons. The van der Waals surface area contributed by atoms with Crippen LogP contribution < -0.4 is 15.6 Å². The molecule has 0 spiro atoms. The summed E-state index contributed by atoms with van der Waals surface area (Å²) in [6, 6.07) is 27.4. The molecule has 5 aromatic rings. The molecular formula is C40H40N4O9. The van der Waals surface area contributed by atoms with Crippen LogP contribution in [0.4, 0.5) is 0 Å². The van der Waals surface area contributed by atoms with E-state index in [1.54, 1.807) is 64.4 Å². The normalized spacial score (nSPS) is 14.8. The van der Waals surface area contributed by atoms with Gasteiger partial charge in [-0.05, 0) is 66.1 Å². The Kier molecular flexibility index (Phi) is 11.2. The third kappa shape index (κ3) is 8.23. The van der Waals surface area contributed by atoms with Crippen LogP contribution in [0, 0.1) is 0 Å². The van der Waals surface area contributed by atoms with Gasteiger partial charge in [0.05, 0.1) is 11.6 Å². The number of aliphatic carboxylic acids is 1. The van der Waals surface area contributed by atoms with E-state index in [-0.39, 0.29) is 58.7 Å². The zero-order chi connectivity index (χ0) is 37.5. The minimum atomic E-state index is -2.30.